The number of hydrogen-bond donors (Lipinski definition) is 1. The molecular weight excluding hydrogens is 415 g/mol. The van der Waals surface area contributed by atoms with Crippen LogP contribution in [0.15, 0.2) is 54.6 Å². The molecule has 5 nitrogen and oxygen atoms in total. The Morgan fingerprint density at radius 3 is 2.37 bits per heavy atom. The Morgan fingerprint density at radius 1 is 1.07 bits per heavy atom. The minimum atomic E-state index is -4.60. The van der Waals surface area contributed by atoms with Crippen LogP contribution in [-0.2, 0) is 11.0 Å². The van der Waals surface area contributed by atoms with Gasteiger partial charge in [0.25, 0.3) is 5.91 Å². The number of thiazole rings is 1. The molecule has 0 aliphatic carbocycles. The van der Waals surface area contributed by atoms with Crippen molar-refractivity contribution in [3.8, 4) is 10.6 Å². The van der Waals surface area contributed by atoms with E-state index in [4.69, 9.17) is 0 Å². The first-order chi connectivity index (χ1) is 14.2. The molecule has 30 heavy (non-hydrogen) atoms. The zero-order valence-corrected chi connectivity index (χ0v) is 17.0. The lowest BCUT2D eigenvalue weighted by molar-refractivity contribution is -0.137. The molecule has 0 saturated heterocycles. The van der Waals surface area contributed by atoms with Gasteiger partial charge in [-0.25, -0.2) is 4.98 Å². The molecule has 1 aromatic heterocycles. The first-order valence-corrected chi connectivity index (χ1v) is 9.73. The van der Waals surface area contributed by atoms with Gasteiger partial charge >= 0.3 is 6.18 Å². The zero-order valence-electron chi connectivity index (χ0n) is 16.2. The van der Waals surface area contributed by atoms with Gasteiger partial charge in [-0.3, -0.25) is 9.59 Å². The minimum Gasteiger partial charge on any atom is -0.332 e. The van der Waals surface area contributed by atoms with E-state index in [0.29, 0.717) is 15.6 Å². The second kappa shape index (κ2) is 8.66. The number of aryl methyl sites for hydroxylation is 1. The third-order valence-corrected chi connectivity index (χ3v) is 5.44. The topological polar surface area (TPSA) is 62.3 Å². The maximum Gasteiger partial charge on any atom is 0.418 e. The molecule has 0 spiro atoms. The molecule has 0 aliphatic heterocycles. The van der Waals surface area contributed by atoms with Gasteiger partial charge in [0.05, 0.1) is 23.5 Å². The van der Waals surface area contributed by atoms with Crippen molar-refractivity contribution in [3.05, 3.63) is 70.7 Å². The van der Waals surface area contributed by atoms with Crippen LogP contribution in [0.2, 0.25) is 0 Å². The third kappa shape index (κ3) is 4.85. The van der Waals surface area contributed by atoms with Crippen molar-refractivity contribution in [2.75, 3.05) is 18.9 Å². The summed E-state index contributed by atoms with van der Waals surface area (Å²) in [5, 5.41) is 2.91. The number of hydrogen-bond acceptors (Lipinski definition) is 4. The molecule has 156 valence electrons. The SMILES string of the molecule is Cc1nc(-c2ccccc2)sc1C(=O)N(C)CC(=O)Nc1ccccc1C(F)(F)F. The lowest BCUT2D eigenvalue weighted by Crippen LogP contribution is -2.35. The van der Waals surface area contributed by atoms with Crippen molar-refractivity contribution in [2.45, 2.75) is 13.1 Å². The van der Waals surface area contributed by atoms with Crippen LogP contribution in [0.4, 0.5) is 18.9 Å². The zero-order chi connectivity index (χ0) is 21.9. The quantitative estimate of drug-likeness (QED) is 0.626. The number of nitrogens with one attached hydrogen (secondary N) is 1. The molecule has 0 fully saturated rings. The Balaban J connectivity index is 1.71. The number of carbonyl (C=O) groups is 2. The lowest BCUT2D eigenvalue weighted by Gasteiger charge is -2.18. The van der Waals surface area contributed by atoms with Crippen LogP contribution in [0.25, 0.3) is 10.6 Å². The fourth-order valence-electron chi connectivity index (χ4n) is 2.79. The van der Waals surface area contributed by atoms with Gasteiger partial charge in [-0.2, -0.15) is 13.2 Å². The van der Waals surface area contributed by atoms with Gasteiger partial charge in [0.2, 0.25) is 5.91 Å². The highest BCUT2D eigenvalue weighted by atomic mass is 32.1. The number of halogens is 3. The van der Waals surface area contributed by atoms with Crippen LogP contribution in [0.1, 0.15) is 20.9 Å². The average molecular weight is 433 g/mol. The highest BCUT2D eigenvalue weighted by Gasteiger charge is 2.33. The highest BCUT2D eigenvalue weighted by Crippen LogP contribution is 2.34. The van der Waals surface area contributed by atoms with Crippen LogP contribution in [-0.4, -0.2) is 35.3 Å². The molecule has 9 heteroatoms. The molecule has 2 aromatic carbocycles. The monoisotopic (exact) mass is 433 g/mol. The summed E-state index contributed by atoms with van der Waals surface area (Å²) in [5.41, 5.74) is 0.0987. The van der Waals surface area contributed by atoms with E-state index in [-0.39, 0.29) is 5.69 Å². The van der Waals surface area contributed by atoms with E-state index < -0.39 is 30.1 Å². The summed E-state index contributed by atoms with van der Waals surface area (Å²) in [6.45, 7) is 1.30. The molecule has 1 N–H and O–H groups in total. The summed E-state index contributed by atoms with van der Waals surface area (Å²) >= 11 is 1.20. The van der Waals surface area contributed by atoms with Crippen molar-refractivity contribution in [2.24, 2.45) is 0 Å². The van der Waals surface area contributed by atoms with E-state index in [1.165, 1.54) is 36.6 Å². The molecule has 0 unspecified atom stereocenters. The molecule has 0 aliphatic rings. The summed E-state index contributed by atoms with van der Waals surface area (Å²) in [5.74, 6) is -1.15. The van der Waals surface area contributed by atoms with E-state index in [1.54, 1.807) is 6.92 Å². The van der Waals surface area contributed by atoms with E-state index in [9.17, 15) is 22.8 Å². The van der Waals surface area contributed by atoms with Gasteiger partial charge in [0.15, 0.2) is 0 Å². The van der Waals surface area contributed by atoms with Gasteiger partial charge < -0.3 is 10.2 Å². The molecule has 0 atom stereocenters. The van der Waals surface area contributed by atoms with E-state index in [0.717, 1.165) is 16.5 Å². The van der Waals surface area contributed by atoms with Crippen LogP contribution in [0, 0.1) is 6.92 Å². The van der Waals surface area contributed by atoms with Crippen molar-refractivity contribution in [1.29, 1.82) is 0 Å². The van der Waals surface area contributed by atoms with Gasteiger partial charge in [-0.05, 0) is 19.1 Å². The largest absolute Gasteiger partial charge is 0.418 e. The van der Waals surface area contributed by atoms with Crippen LogP contribution >= 0.6 is 11.3 Å². The normalized spacial score (nSPS) is 11.2. The fourth-order valence-corrected chi connectivity index (χ4v) is 3.86. The molecule has 0 bridgehead atoms. The smallest absolute Gasteiger partial charge is 0.332 e. The summed E-state index contributed by atoms with van der Waals surface area (Å²) in [6, 6.07) is 14.0. The van der Waals surface area contributed by atoms with Crippen LogP contribution in [0.3, 0.4) is 0 Å². The van der Waals surface area contributed by atoms with Gasteiger partial charge in [0.1, 0.15) is 9.88 Å². The molecule has 1 heterocycles. The second-order valence-electron chi connectivity index (χ2n) is 6.55. The van der Waals surface area contributed by atoms with Gasteiger partial charge in [-0.15, -0.1) is 11.3 Å². The van der Waals surface area contributed by atoms with Crippen LogP contribution in [0.5, 0.6) is 0 Å². The number of aromatic nitrogens is 1. The second-order valence-corrected chi connectivity index (χ2v) is 7.55. The Hall–Kier alpha value is -3.20. The molecule has 3 rings (SSSR count). The molecular formula is C21H18F3N3O2S. The molecule has 0 radical (unpaired) electrons. The lowest BCUT2D eigenvalue weighted by atomic mass is 10.1. The Labute approximate surface area is 175 Å². The number of carbonyl (C=O) groups excluding carboxylic acids is 2. The number of anilines is 1. The third-order valence-electron chi connectivity index (χ3n) is 4.25. The first-order valence-electron chi connectivity index (χ1n) is 8.91. The van der Waals surface area contributed by atoms with E-state index >= 15 is 0 Å². The molecule has 0 saturated carbocycles. The van der Waals surface area contributed by atoms with Gasteiger partial charge in [0, 0.05) is 12.6 Å². The predicted octanol–water partition coefficient (Wildman–Crippen LogP) is 4.85. The Kier molecular flexibility index (Phi) is 6.21. The number of para-hydroxylation sites is 1. The van der Waals surface area contributed by atoms with E-state index in [2.05, 4.69) is 10.3 Å². The van der Waals surface area contributed by atoms with Crippen molar-refractivity contribution >= 4 is 28.8 Å². The van der Waals surface area contributed by atoms with Gasteiger partial charge in [-0.1, -0.05) is 42.5 Å². The number of alkyl halides is 3. The first kappa shape index (κ1) is 21.5. The fraction of sp³-hybridized carbons (Fsp3) is 0.190. The number of amides is 2. The summed E-state index contributed by atoms with van der Waals surface area (Å²) in [6.07, 6.45) is -4.60. The summed E-state index contributed by atoms with van der Waals surface area (Å²) in [4.78, 5) is 31.0. The van der Waals surface area contributed by atoms with Crippen LogP contribution < -0.4 is 5.32 Å². The maximum atomic E-state index is 13.1. The standard InChI is InChI=1S/C21H18F3N3O2S/c1-13-18(30-19(25-13)14-8-4-3-5-9-14)20(29)27(2)12-17(28)26-16-11-7-6-10-15(16)21(22,23)24/h3-11H,12H2,1-2H3,(H,26,28). The Bertz CT molecular complexity index is 1060. The number of nitrogens with zero attached hydrogens (tertiary/aromatic N) is 2. The van der Waals surface area contributed by atoms with Crippen molar-refractivity contribution < 1.29 is 22.8 Å². The summed E-state index contributed by atoms with van der Waals surface area (Å²) < 4.78 is 39.2. The number of rotatable bonds is 5. The highest BCUT2D eigenvalue weighted by molar-refractivity contribution is 7.17. The number of likely N-dealkylation sites (N-methyl/N-ethyl adjacent to an activating group) is 1. The average Bonchev–Trinajstić information content (AvgIpc) is 3.09. The Morgan fingerprint density at radius 2 is 1.70 bits per heavy atom. The number of benzene rings is 2. The summed E-state index contributed by atoms with van der Waals surface area (Å²) in [7, 11) is 1.42. The molecule has 2 amide bonds. The predicted molar refractivity (Wildman–Crippen MR) is 109 cm³/mol. The molecule has 3 aromatic rings. The van der Waals surface area contributed by atoms with E-state index in [1.807, 2.05) is 30.3 Å². The minimum absolute atomic E-state index is 0.351. The van der Waals surface area contributed by atoms with Crippen molar-refractivity contribution in [1.82, 2.24) is 9.88 Å². The van der Waals surface area contributed by atoms with Crippen molar-refractivity contribution in [3.63, 3.8) is 0 Å². The maximum absolute atomic E-state index is 13.1.